The van der Waals surface area contributed by atoms with E-state index in [9.17, 15) is 4.79 Å². The molecule has 0 saturated carbocycles. The van der Waals surface area contributed by atoms with Crippen molar-refractivity contribution in [2.24, 2.45) is 10.2 Å². The van der Waals surface area contributed by atoms with E-state index < -0.39 is 0 Å². The Morgan fingerprint density at radius 2 is 1.55 bits per heavy atom. The van der Waals surface area contributed by atoms with Gasteiger partial charge in [0.1, 0.15) is 11.4 Å². The third-order valence-electron chi connectivity index (χ3n) is 4.94. The van der Waals surface area contributed by atoms with Crippen LogP contribution in [0, 0.1) is 6.92 Å². The zero-order chi connectivity index (χ0) is 20.2. The molecule has 0 unspecified atom stereocenters. The molecular weight excluding hydrogens is 358 g/mol. The minimum atomic E-state index is -0.0342. The maximum atomic E-state index is 13.5. The van der Waals surface area contributed by atoms with Crippen LogP contribution < -0.4 is 0 Å². The summed E-state index contributed by atoms with van der Waals surface area (Å²) in [6.45, 7) is 4.89. The van der Waals surface area contributed by atoms with E-state index in [-0.39, 0.29) is 5.78 Å². The molecule has 0 radical (unpaired) electrons. The van der Waals surface area contributed by atoms with Gasteiger partial charge in [-0.1, -0.05) is 73.2 Å². The second kappa shape index (κ2) is 8.23. The molecule has 0 spiro atoms. The van der Waals surface area contributed by atoms with Crippen molar-refractivity contribution in [2.45, 2.75) is 26.8 Å². The second-order valence-corrected chi connectivity index (χ2v) is 7.10. The Hall–Kier alpha value is -3.53. The first-order valence-corrected chi connectivity index (χ1v) is 9.88. The van der Waals surface area contributed by atoms with Crippen LogP contribution in [-0.4, -0.2) is 10.4 Å². The Bertz CT molecular complexity index is 1170. The molecule has 0 amide bonds. The molecule has 1 aromatic heterocycles. The van der Waals surface area contributed by atoms with Gasteiger partial charge < -0.3 is 4.57 Å². The number of fused-ring (bicyclic) bond motifs is 1. The highest BCUT2D eigenvalue weighted by Crippen LogP contribution is 2.36. The van der Waals surface area contributed by atoms with E-state index in [1.807, 2.05) is 85.8 Å². The largest absolute Gasteiger partial charge is 0.336 e. The Balaban J connectivity index is 1.91. The van der Waals surface area contributed by atoms with Gasteiger partial charge in [-0.3, -0.25) is 4.79 Å². The number of carbonyl (C=O) groups is 1. The SMILES string of the molecule is CCCn1c(C(=O)c2ccccc2)c(/N=N/c2ccc(C)cc2)c2ccccc21. The van der Waals surface area contributed by atoms with Crippen molar-refractivity contribution in [3.05, 3.63) is 95.7 Å². The van der Waals surface area contributed by atoms with Crippen LogP contribution in [0.5, 0.6) is 0 Å². The summed E-state index contributed by atoms with van der Waals surface area (Å²) in [5, 5.41) is 9.95. The lowest BCUT2D eigenvalue weighted by atomic mass is 10.1. The molecule has 0 bridgehead atoms. The summed E-state index contributed by atoms with van der Waals surface area (Å²) in [7, 11) is 0. The topological polar surface area (TPSA) is 46.7 Å². The van der Waals surface area contributed by atoms with Crippen molar-refractivity contribution in [1.29, 1.82) is 0 Å². The number of hydrogen-bond donors (Lipinski definition) is 0. The molecule has 0 N–H and O–H groups in total. The lowest BCUT2D eigenvalue weighted by Gasteiger charge is -2.09. The molecule has 0 aliphatic heterocycles. The van der Waals surface area contributed by atoms with E-state index >= 15 is 0 Å². The average Bonchev–Trinajstić information content (AvgIpc) is 3.07. The molecule has 4 aromatic rings. The lowest BCUT2D eigenvalue weighted by Crippen LogP contribution is -2.10. The van der Waals surface area contributed by atoms with Gasteiger partial charge in [-0.25, -0.2) is 0 Å². The molecule has 0 aliphatic rings. The molecule has 29 heavy (non-hydrogen) atoms. The molecule has 1 heterocycles. The Labute approximate surface area is 170 Å². The Morgan fingerprint density at radius 1 is 0.862 bits per heavy atom. The van der Waals surface area contributed by atoms with E-state index in [0.717, 1.165) is 29.6 Å². The number of ketones is 1. The zero-order valence-corrected chi connectivity index (χ0v) is 16.7. The van der Waals surface area contributed by atoms with Crippen LogP contribution in [0.25, 0.3) is 10.9 Å². The number of para-hydroxylation sites is 1. The fourth-order valence-electron chi connectivity index (χ4n) is 3.52. The fourth-order valence-corrected chi connectivity index (χ4v) is 3.52. The van der Waals surface area contributed by atoms with Crippen LogP contribution in [0.2, 0.25) is 0 Å². The summed E-state index contributed by atoms with van der Waals surface area (Å²) < 4.78 is 2.08. The number of benzene rings is 3. The maximum Gasteiger partial charge on any atom is 0.211 e. The van der Waals surface area contributed by atoms with Crippen molar-refractivity contribution in [1.82, 2.24) is 4.57 Å². The first-order valence-electron chi connectivity index (χ1n) is 9.88. The Morgan fingerprint density at radius 3 is 2.28 bits per heavy atom. The monoisotopic (exact) mass is 381 g/mol. The molecule has 144 valence electrons. The van der Waals surface area contributed by atoms with E-state index in [4.69, 9.17) is 0 Å². The number of hydrogen-bond acceptors (Lipinski definition) is 3. The van der Waals surface area contributed by atoms with Gasteiger partial charge in [0.15, 0.2) is 0 Å². The van der Waals surface area contributed by atoms with Crippen molar-refractivity contribution < 1.29 is 4.79 Å². The molecule has 4 nitrogen and oxygen atoms in total. The van der Waals surface area contributed by atoms with Crippen LogP contribution in [0.4, 0.5) is 11.4 Å². The fraction of sp³-hybridized carbons (Fsp3) is 0.160. The van der Waals surface area contributed by atoms with Crippen molar-refractivity contribution in [3.8, 4) is 0 Å². The summed E-state index contributed by atoms with van der Waals surface area (Å²) in [6.07, 6.45) is 0.919. The highest BCUT2D eigenvalue weighted by Gasteiger charge is 2.23. The summed E-state index contributed by atoms with van der Waals surface area (Å²) in [6, 6.07) is 25.3. The molecule has 3 aromatic carbocycles. The molecule has 0 saturated heterocycles. The number of aromatic nitrogens is 1. The minimum absolute atomic E-state index is 0.0342. The Kier molecular flexibility index (Phi) is 5.34. The van der Waals surface area contributed by atoms with Crippen LogP contribution in [0.3, 0.4) is 0 Å². The van der Waals surface area contributed by atoms with E-state index in [0.29, 0.717) is 16.9 Å². The zero-order valence-electron chi connectivity index (χ0n) is 16.7. The summed E-state index contributed by atoms with van der Waals surface area (Å²) in [5.41, 5.74) is 4.81. The van der Waals surface area contributed by atoms with E-state index in [2.05, 4.69) is 21.7 Å². The first kappa shape index (κ1) is 18.8. The van der Waals surface area contributed by atoms with Crippen LogP contribution >= 0.6 is 0 Å². The van der Waals surface area contributed by atoms with Crippen LogP contribution in [-0.2, 0) is 6.54 Å². The molecule has 4 heteroatoms. The van der Waals surface area contributed by atoms with Crippen molar-refractivity contribution in [2.75, 3.05) is 0 Å². The first-order chi connectivity index (χ1) is 14.2. The summed E-state index contributed by atoms with van der Waals surface area (Å²) in [5.74, 6) is -0.0342. The second-order valence-electron chi connectivity index (χ2n) is 7.10. The summed E-state index contributed by atoms with van der Waals surface area (Å²) in [4.78, 5) is 13.5. The average molecular weight is 381 g/mol. The van der Waals surface area contributed by atoms with Crippen LogP contribution in [0.15, 0.2) is 89.1 Å². The predicted molar refractivity (Wildman–Crippen MR) is 117 cm³/mol. The van der Waals surface area contributed by atoms with E-state index in [1.165, 1.54) is 5.56 Å². The smallest absolute Gasteiger partial charge is 0.211 e. The lowest BCUT2D eigenvalue weighted by molar-refractivity contribution is 0.103. The number of nitrogens with zero attached hydrogens (tertiary/aromatic N) is 3. The van der Waals surface area contributed by atoms with Gasteiger partial charge in [-0.05, 0) is 31.5 Å². The van der Waals surface area contributed by atoms with Crippen molar-refractivity contribution >= 4 is 28.1 Å². The molecule has 0 aliphatic carbocycles. The van der Waals surface area contributed by atoms with Gasteiger partial charge in [-0.2, -0.15) is 5.11 Å². The molecule has 0 fully saturated rings. The number of rotatable bonds is 6. The number of aryl methyl sites for hydroxylation is 2. The quantitative estimate of drug-likeness (QED) is 0.262. The maximum absolute atomic E-state index is 13.5. The van der Waals surface area contributed by atoms with Gasteiger partial charge in [0.25, 0.3) is 0 Å². The van der Waals surface area contributed by atoms with Crippen LogP contribution in [0.1, 0.15) is 35.0 Å². The third-order valence-corrected chi connectivity index (χ3v) is 4.94. The number of carbonyl (C=O) groups excluding carboxylic acids is 1. The standard InChI is InChI=1S/C25H23N3O/c1-3-17-28-22-12-8-7-11-21(22)23(27-26-20-15-13-18(2)14-16-20)24(28)25(29)19-9-5-4-6-10-19/h4-16H,3,17H2,1-2H3/b27-26+. The normalized spacial score (nSPS) is 11.4. The van der Waals surface area contributed by atoms with Crippen molar-refractivity contribution in [3.63, 3.8) is 0 Å². The number of azo groups is 1. The van der Waals surface area contributed by atoms with Gasteiger partial charge in [-0.15, -0.1) is 5.11 Å². The van der Waals surface area contributed by atoms with Gasteiger partial charge in [0, 0.05) is 17.5 Å². The molecule has 4 rings (SSSR count). The van der Waals surface area contributed by atoms with Gasteiger partial charge in [0.05, 0.1) is 11.2 Å². The summed E-state index contributed by atoms with van der Waals surface area (Å²) >= 11 is 0. The predicted octanol–water partition coefficient (Wildman–Crippen LogP) is 7.01. The third kappa shape index (κ3) is 3.74. The molecule has 0 atom stereocenters. The van der Waals surface area contributed by atoms with E-state index in [1.54, 1.807) is 0 Å². The minimum Gasteiger partial charge on any atom is -0.336 e. The van der Waals surface area contributed by atoms with Gasteiger partial charge >= 0.3 is 0 Å². The highest BCUT2D eigenvalue weighted by atomic mass is 16.1. The van der Waals surface area contributed by atoms with Gasteiger partial charge in [0.2, 0.25) is 5.78 Å². The molecular formula is C25H23N3O. The highest BCUT2D eigenvalue weighted by molar-refractivity contribution is 6.16.